The van der Waals surface area contributed by atoms with E-state index < -0.39 is 0 Å². The lowest BCUT2D eigenvalue weighted by Gasteiger charge is -2.24. The van der Waals surface area contributed by atoms with Crippen LogP contribution in [-0.2, 0) is 4.79 Å². The van der Waals surface area contributed by atoms with Crippen molar-refractivity contribution in [3.63, 3.8) is 0 Å². The van der Waals surface area contributed by atoms with Crippen molar-refractivity contribution in [1.82, 2.24) is 9.55 Å². The van der Waals surface area contributed by atoms with E-state index in [0.717, 1.165) is 0 Å². The van der Waals surface area contributed by atoms with E-state index in [0.29, 0.717) is 23.3 Å². The lowest BCUT2D eigenvalue weighted by Crippen LogP contribution is -2.35. The summed E-state index contributed by atoms with van der Waals surface area (Å²) >= 11 is 0. The number of para-hydroxylation sites is 1. The van der Waals surface area contributed by atoms with E-state index in [1.807, 2.05) is 19.1 Å². The minimum Gasteiger partial charge on any atom is -0.296 e. The smallest absolute Gasteiger partial charge is 0.263 e. The van der Waals surface area contributed by atoms with Gasteiger partial charge in [0, 0.05) is 12.5 Å². The summed E-state index contributed by atoms with van der Waals surface area (Å²) in [6, 6.07) is 7.00. The zero-order valence-electron chi connectivity index (χ0n) is 9.30. The maximum Gasteiger partial charge on any atom is 0.263 e. The highest BCUT2D eigenvalue weighted by molar-refractivity contribution is 5.92. The van der Waals surface area contributed by atoms with Gasteiger partial charge < -0.3 is 0 Å². The van der Waals surface area contributed by atoms with E-state index in [1.54, 1.807) is 16.7 Å². The van der Waals surface area contributed by atoms with Gasteiger partial charge in [0.25, 0.3) is 5.56 Å². The van der Waals surface area contributed by atoms with Crippen LogP contribution < -0.4 is 10.9 Å². The first kappa shape index (κ1) is 10.0. The zero-order valence-corrected chi connectivity index (χ0v) is 9.30. The zero-order chi connectivity index (χ0) is 12.0. The summed E-state index contributed by atoms with van der Waals surface area (Å²) in [6.45, 7) is 1.85. The molecule has 2 heterocycles. The summed E-state index contributed by atoms with van der Waals surface area (Å²) in [4.78, 5) is 28.0. The highest BCUT2D eigenvalue weighted by atomic mass is 16.2. The second-order valence-electron chi connectivity index (χ2n) is 4.23. The lowest BCUT2D eigenvalue weighted by molar-refractivity contribution is -0.117. The number of carbonyl (C=O) groups is 1. The quantitative estimate of drug-likeness (QED) is 0.740. The molecule has 5 nitrogen and oxygen atoms in total. The number of nitrogens with one attached hydrogen (secondary N) is 1. The SMILES string of the molecule is C[C@H]1CC(=O)Nc2nc3ccccc3c(=O)n21. The third kappa shape index (κ3) is 1.43. The average Bonchev–Trinajstić information content (AvgIpc) is 2.28. The molecule has 0 spiro atoms. The van der Waals surface area contributed by atoms with Crippen LogP contribution in [-0.4, -0.2) is 15.5 Å². The van der Waals surface area contributed by atoms with Crippen molar-refractivity contribution in [2.45, 2.75) is 19.4 Å². The number of hydrogen-bond acceptors (Lipinski definition) is 3. The molecule has 0 fully saturated rings. The number of rotatable bonds is 0. The van der Waals surface area contributed by atoms with Crippen LogP contribution >= 0.6 is 0 Å². The van der Waals surface area contributed by atoms with Gasteiger partial charge in [0.05, 0.1) is 10.9 Å². The Bertz CT molecular complexity index is 675. The van der Waals surface area contributed by atoms with Crippen molar-refractivity contribution < 1.29 is 4.79 Å². The van der Waals surface area contributed by atoms with Crippen molar-refractivity contribution in [2.24, 2.45) is 0 Å². The first-order valence-corrected chi connectivity index (χ1v) is 5.48. The molecule has 1 aliphatic rings. The summed E-state index contributed by atoms with van der Waals surface area (Å²) in [5.41, 5.74) is 0.510. The minimum atomic E-state index is -0.150. The van der Waals surface area contributed by atoms with Gasteiger partial charge in [-0.15, -0.1) is 0 Å². The van der Waals surface area contributed by atoms with Gasteiger partial charge in [-0.2, -0.15) is 0 Å². The molecule has 0 unspecified atom stereocenters. The Hall–Kier alpha value is -2.17. The van der Waals surface area contributed by atoms with Gasteiger partial charge in [0.1, 0.15) is 0 Å². The van der Waals surface area contributed by atoms with Crippen molar-refractivity contribution in [1.29, 1.82) is 0 Å². The molecule has 1 N–H and O–H groups in total. The number of anilines is 1. The van der Waals surface area contributed by atoms with Crippen LogP contribution in [0.2, 0.25) is 0 Å². The molecule has 1 aliphatic heterocycles. The van der Waals surface area contributed by atoms with Crippen LogP contribution in [0, 0.1) is 0 Å². The fourth-order valence-electron chi connectivity index (χ4n) is 2.18. The summed E-state index contributed by atoms with van der Waals surface area (Å²) in [5.74, 6) is 0.247. The highest BCUT2D eigenvalue weighted by Crippen LogP contribution is 2.21. The first-order valence-electron chi connectivity index (χ1n) is 5.48. The number of hydrogen-bond donors (Lipinski definition) is 1. The normalized spacial score (nSPS) is 18.9. The van der Waals surface area contributed by atoms with Gasteiger partial charge in [-0.25, -0.2) is 4.98 Å². The topological polar surface area (TPSA) is 64.0 Å². The maximum absolute atomic E-state index is 12.3. The van der Waals surface area contributed by atoms with E-state index in [-0.39, 0.29) is 17.5 Å². The minimum absolute atomic E-state index is 0.0975. The van der Waals surface area contributed by atoms with Crippen LogP contribution in [0.25, 0.3) is 10.9 Å². The standard InChI is InChI=1S/C12H11N3O2/c1-7-6-10(16)14-12-13-9-5-3-2-4-8(9)11(17)15(7)12/h2-5,7H,6H2,1H3,(H,13,14,16)/t7-/m0/s1. The van der Waals surface area contributed by atoms with Gasteiger partial charge >= 0.3 is 0 Å². The predicted octanol–water partition coefficient (Wildman–Crippen LogP) is 1.30. The number of fused-ring (bicyclic) bond motifs is 2. The molecule has 0 saturated heterocycles. The second kappa shape index (κ2) is 3.41. The third-order valence-corrected chi connectivity index (χ3v) is 2.98. The summed E-state index contributed by atoms with van der Waals surface area (Å²) in [6.07, 6.45) is 0.312. The van der Waals surface area contributed by atoms with E-state index >= 15 is 0 Å². The van der Waals surface area contributed by atoms with E-state index in [1.165, 1.54) is 0 Å². The number of carbonyl (C=O) groups excluding carboxylic acids is 1. The van der Waals surface area contributed by atoms with Gasteiger partial charge in [-0.1, -0.05) is 12.1 Å². The van der Waals surface area contributed by atoms with Crippen molar-refractivity contribution >= 4 is 22.8 Å². The molecule has 0 aliphatic carbocycles. The van der Waals surface area contributed by atoms with Crippen LogP contribution in [0.3, 0.4) is 0 Å². The third-order valence-electron chi connectivity index (χ3n) is 2.98. The molecule has 2 aromatic rings. The molecule has 17 heavy (non-hydrogen) atoms. The van der Waals surface area contributed by atoms with E-state index in [4.69, 9.17) is 0 Å². The molecule has 1 amide bonds. The molecule has 0 bridgehead atoms. The van der Waals surface area contributed by atoms with Crippen LogP contribution in [0.5, 0.6) is 0 Å². The van der Waals surface area contributed by atoms with E-state index in [9.17, 15) is 9.59 Å². The molecule has 5 heteroatoms. The Morgan fingerprint density at radius 1 is 1.35 bits per heavy atom. The Balaban J connectivity index is 2.39. The van der Waals surface area contributed by atoms with Crippen LogP contribution in [0.1, 0.15) is 19.4 Å². The maximum atomic E-state index is 12.3. The summed E-state index contributed by atoms with van der Waals surface area (Å²) in [5, 5.41) is 3.22. The van der Waals surface area contributed by atoms with Crippen molar-refractivity contribution in [3.05, 3.63) is 34.6 Å². The first-order chi connectivity index (χ1) is 8.16. The Morgan fingerprint density at radius 3 is 2.94 bits per heavy atom. The summed E-state index contributed by atoms with van der Waals surface area (Å²) < 4.78 is 1.55. The van der Waals surface area contributed by atoms with Gasteiger partial charge in [0.2, 0.25) is 11.9 Å². The Labute approximate surface area is 97.1 Å². The van der Waals surface area contributed by atoms with Crippen LogP contribution in [0.15, 0.2) is 29.1 Å². The lowest BCUT2D eigenvalue weighted by atomic mass is 10.1. The Morgan fingerprint density at radius 2 is 2.12 bits per heavy atom. The highest BCUT2D eigenvalue weighted by Gasteiger charge is 2.24. The molecule has 1 aromatic carbocycles. The fourth-order valence-corrected chi connectivity index (χ4v) is 2.18. The second-order valence-corrected chi connectivity index (χ2v) is 4.23. The monoisotopic (exact) mass is 229 g/mol. The largest absolute Gasteiger partial charge is 0.296 e. The van der Waals surface area contributed by atoms with Crippen molar-refractivity contribution in [2.75, 3.05) is 5.32 Å². The fraction of sp³-hybridized carbons (Fsp3) is 0.250. The molecule has 86 valence electrons. The average molecular weight is 229 g/mol. The van der Waals surface area contributed by atoms with Gasteiger partial charge in [-0.05, 0) is 19.1 Å². The Kier molecular flexibility index (Phi) is 2.01. The molecular formula is C12H11N3O2. The molecule has 0 radical (unpaired) electrons. The molecule has 1 atom stereocenters. The molecule has 1 aromatic heterocycles. The number of amides is 1. The van der Waals surface area contributed by atoms with Gasteiger partial charge in [0.15, 0.2) is 0 Å². The number of nitrogens with zero attached hydrogens (tertiary/aromatic N) is 2. The summed E-state index contributed by atoms with van der Waals surface area (Å²) in [7, 11) is 0. The predicted molar refractivity (Wildman–Crippen MR) is 64.0 cm³/mol. The number of benzene rings is 1. The molecule has 3 rings (SSSR count). The molecule has 0 saturated carbocycles. The van der Waals surface area contributed by atoms with Gasteiger partial charge in [-0.3, -0.25) is 19.5 Å². The number of aromatic nitrogens is 2. The van der Waals surface area contributed by atoms with E-state index in [2.05, 4.69) is 10.3 Å². The van der Waals surface area contributed by atoms with Crippen LogP contribution in [0.4, 0.5) is 5.95 Å². The molecular weight excluding hydrogens is 218 g/mol. The van der Waals surface area contributed by atoms with Crippen molar-refractivity contribution in [3.8, 4) is 0 Å².